The van der Waals surface area contributed by atoms with Crippen molar-refractivity contribution in [2.75, 3.05) is 20.2 Å². The highest BCUT2D eigenvalue weighted by Crippen LogP contribution is 2.40. The number of ketones is 1. The van der Waals surface area contributed by atoms with Gasteiger partial charge in [-0.1, -0.05) is 15.9 Å². The lowest BCUT2D eigenvalue weighted by atomic mass is 10.0. The van der Waals surface area contributed by atoms with E-state index in [9.17, 15) is 9.90 Å². The van der Waals surface area contributed by atoms with Crippen molar-refractivity contribution < 1.29 is 19.4 Å². The van der Waals surface area contributed by atoms with E-state index in [0.717, 1.165) is 4.47 Å². The van der Waals surface area contributed by atoms with Crippen LogP contribution < -0.4 is 9.47 Å². The molecule has 0 bridgehead atoms. The number of aromatic hydroxyl groups is 1. The molecular formula is C21H16BrN3O4. The molecule has 0 aromatic heterocycles. The van der Waals surface area contributed by atoms with Gasteiger partial charge in [0, 0.05) is 16.6 Å². The fourth-order valence-electron chi connectivity index (χ4n) is 3.00. The Bertz CT molecular complexity index is 1070. The van der Waals surface area contributed by atoms with Crippen molar-refractivity contribution in [3.05, 3.63) is 57.3 Å². The topological polar surface area (TPSA) is 107 Å². The number of halogens is 1. The Labute approximate surface area is 176 Å². The second-order valence-corrected chi connectivity index (χ2v) is 7.14. The molecule has 8 heteroatoms. The average Bonchev–Trinajstić information content (AvgIpc) is 3.00. The molecule has 2 aromatic carbocycles. The third-order valence-corrected chi connectivity index (χ3v) is 4.86. The van der Waals surface area contributed by atoms with Gasteiger partial charge in [0.2, 0.25) is 5.78 Å². The summed E-state index contributed by atoms with van der Waals surface area (Å²) in [6, 6.07) is 12.3. The van der Waals surface area contributed by atoms with Crippen molar-refractivity contribution in [1.82, 2.24) is 4.90 Å². The van der Waals surface area contributed by atoms with E-state index in [4.69, 9.17) is 20.0 Å². The molecule has 0 fully saturated rings. The lowest BCUT2D eigenvalue weighted by Crippen LogP contribution is -2.24. The highest BCUT2D eigenvalue weighted by Gasteiger charge is 2.32. The average molecular weight is 454 g/mol. The van der Waals surface area contributed by atoms with Gasteiger partial charge in [-0.3, -0.25) is 9.69 Å². The minimum Gasteiger partial charge on any atom is -0.507 e. The number of phenols is 1. The fourth-order valence-corrected chi connectivity index (χ4v) is 3.38. The minimum atomic E-state index is -0.324. The maximum absolute atomic E-state index is 12.8. The number of hydrogen-bond donors (Lipinski definition) is 1. The quantitative estimate of drug-likeness (QED) is 0.525. The number of fused-ring (bicyclic) bond motifs is 1. The Morgan fingerprint density at radius 3 is 2.62 bits per heavy atom. The predicted octanol–water partition coefficient (Wildman–Crippen LogP) is 3.63. The van der Waals surface area contributed by atoms with E-state index in [1.165, 1.54) is 19.2 Å². The summed E-state index contributed by atoms with van der Waals surface area (Å²) in [4.78, 5) is 14.4. The van der Waals surface area contributed by atoms with E-state index in [1.54, 1.807) is 23.1 Å². The summed E-state index contributed by atoms with van der Waals surface area (Å²) in [7, 11) is 1.53. The number of benzene rings is 2. The molecule has 0 aliphatic carbocycles. The van der Waals surface area contributed by atoms with Crippen LogP contribution in [0.5, 0.6) is 17.2 Å². The van der Waals surface area contributed by atoms with Gasteiger partial charge in [-0.2, -0.15) is 10.5 Å². The van der Waals surface area contributed by atoms with Crippen LogP contribution in [-0.2, 0) is 6.54 Å². The van der Waals surface area contributed by atoms with Crippen molar-refractivity contribution in [3.8, 4) is 29.4 Å². The van der Waals surface area contributed by atoms with Gasteiger partial charge in [0.15, 0.2) is 5.76 Å². The maximum Gasteiger partial charge on any atom is 0.231 e. The van der Waals surface area contributed by atoms with Crippen LogP contribution in [0.15, 0.2) is 40.6 Å². The summed E-state index contributed by atoms with van der Waals surface area (Å²) < 4.78 is 12.0. The molecule has 0 radical (unpaired) electrons. The Morgan fingerprint density at radius 2 is 1.97 bits per heavy atom. The van der Waals surface area contributed by atoms with Crippen LogP contribution in [0, 0.1) is 22.7 Å². The lowest BCUT2D eigenvalue weighted by molar-refractivity contribution is 0.101. The molecule has 0 amide bonds. The molecule has 0 spiro atoms. The van der Waals surface area contributed by atoms with E-state index < -0.39 is 0 Å². The maximum atomic E-state index is 12.8. The number of carbonyl (C=O) groups is 1. The first-order valence-electron chi connectivity index (χ1n) is 8.57. The highest BCUT2D eigenvalue weighted by molar-refractivity contribution is 9.10. The molecule has 1 aliphatic rings. The van der Waals surface area contributed by atoms with Crippen molar-refractivity contribution in [2.45, 2.75) is 6.54 Å². The number of methoxy groups -OCH3 is 1. The summed E-state index contributed by atoms with van der Waals surface area (Å²) in [5.41, 5.74) is 1.32. The van der Waals surface area contributed by atoms with Crippen LogP contribution >= 0.6 is 15.9 Å². The Morgan fingerprint density at radius 1 is 1.24 bits per heavy atom. The number of carbonyl (C=O) groups excluding carboxylic acids is 1. The molecule has 29 heavy (non-hydrogen) atoms. The van der Waals surface area contributed by atoms with Gasteiger partial charge in [-0.05, 0) is 36.4 Å². The number of allylic oxidation sites excluding steroid dienone is 1. The van der Waals surface area contributed by atoms with E-state index in [-0.39, 0.29) is 42.7 Å². The summed E-state index contributed by atoms with van der Waals surface area (Å²) in [6.45, 7) is 0.0992. The van der Waals surface area contributed by atoms with Gasteiger partial charge in [0.1, 0.15) is 17.2 Å². The van der Waals surface area contributed by atoms with Gasteiger partial charge >= 0.3 is 0 Å². The number of hydrogen-bond acceptors (Lipinski definition) is 7. The number of phenolic OH excluding ortho intramolecular Hbond substituents is 1. The molecule has 0 unspecified atom stereocenters. The first kappa shape index (κ1) is 20.4. The molecule has 146 valence electrons. The van der Waals surface area contributed by atoms with Crippen molar-refractivity contribution in [3.63, 3.8) is 0 Å². The number of ether oxygens (including phenoxy) is 2. The Balaban J connectivity index is 2.00. The summed E-state index contributed by atoms with van der Waals surface area (Å²) >= 11 is 3.39. The van der Waals surface area contributed by atoms with Crippen molar-refractivity contribution >= 4 is 27.8 Å². The highest BCUT2D eigenvalue weighted by atomic mass is 79.9. The molecule has 1 aliphatic heterocycles. The van der Waals surface area contributed by atoms with Crippen molar-refractivity contribution in [2.24, 2.45) is 0 Å². The zero-order chi connectivity index (χ0) is 21.0. The van der Waals surface area contributed by atoms with Crippen LogP contribution in [0.2, 0.25) is 0 Å². The molecule has 2 aromatic rings. The number of nitrogens with zero attached hydrogens (tertiary/aromatic N) is 3. The van der Waals surface area contributed by atoms with Crippen LogP contribution in [0.3, 0.4) is 0 Å². The predicted molar refractivity (Wildman–Crippen MR) is 108 cm³/mol. The second kappa shape index (κ2) is 8.78. The molecule has 0 saturated heterocycles. The first-order chi connectivity index (χ1) is 14.0. The molecule has 0 atom stereocenters. The molecule has 7 nitrogen and oxygen atoms in total. The van der Waals surface area contributed by atoms with Gasteiger partial charge < -0.3 is 14.6 Å². The van der Waals surface area contributed by atoms with Crippen LogP contribution in [0.25, 0.3) is 6.08 Å². The van der Waals surface area contributed by atoms with Crippen LogP contribution in [0.4, 0.5) is 0 Å². The third kappa shape index (κ3) is 4.24. The lowest BCUT2D eigenvalue weighted by Gasteiger charge is -2.17. The normalized spacial score (nSPS) is 13.7. The van der Waals surface area contributed by atoms with Gasteiger partial charge in [0.25, 0.3) is 0 Å². The first-order valence-corrected chi connectivity index (χ1v) is 9.36. The van der Waals surface area contributed by atoms with Crippen molar-refractivity contribution in [1.29, 1.82) is 10.5 Å². The van der Waals surface area contributed by atoms with E-state index in [0.29, 0.717) is 22.4 Å². The molecule has 1 heterocycles. The smallest absolute Gasteiger partial charge is 0.231 e. The van der Waals surface area contributed by atoms with E-state index in [2.05, 4.69) is 15.9 Å². The third-order valence-electron chi connectivity index (χ3n) is 4.36. The summed E-state index contributed by atoms with van der Waals surface area (Å²) in [5.74, 6) is 0.505. The van der Waals surface area contributed by atoms with Crippen LogP contribution in [-0.4, -0.2) is 36.0 Å². The van der Waals surface area contributed by atoms with E-state index in [1.807, 2.05) is 18.2 Å². The Kier molecular flexibility index (Phi) is 6.18. The SMILES string of the molecule is COc1ccc(Br)cc1C=C1Oc2c(ccc(O)c2CN(CC#N)CC#N)C1=O. The van der Waals surface area contributed by atoms with Gasteiger partial charge in [-0.15, -0.1) is 0 Å². The van der Waals surface area contributed by atoms with E-state index >= 15 is 0 Å². The molecule has 3 rings (SSSR count). The molecule has 1 N–H and O–H groups in total. The largest absolute Gasteiger partial charge is 0.507 e. The second-order valence-electron chi connectivity index (χ2n) is 6.23. The van der Waals surface area contributed by atoms with Gasteiger partial charge in [-0.25, -0.2) is 0 Å². The summed E-state index contributed by atoms with van der Waals surface area (Å²) in [6.07, 6.45) is 1.58. The van der Waals surface area contributed by atoms with Crippen LogP contribution in [0.1, 0.15) is 21.5 Å². The number of nitriles is 2. The standard InChI is InChI=1S/C21H16BrN3O4/c1-28-18-5-2-14(22)10-13(18)11-19-20(27)15-3-4-17(26)16(21(15)29-19)12-25(8-6-23)9-7-24/h2-5,10-11,26H,8-9,12H2,1H3. The number of rotatable bonds is 6. The molecule has 0 saturated carbocycles. The zero-order valence-corrected chi connectivity index (χ0v) is 17.1. The molecular weight excluding hydrogens is 438 g/mol. The summed E-state index contributed by atoms with van der Waals surface area (Å²) in [5, 5.41) is 28.2. The monoisotopic (exact) mass is 453 g/mol. The number of Topliss-reactive ketones (excluding diaryl/α,β-unsaturated/α-hetero) is 1. The Hall–Kier alpha value is -3.33. The van der Waals surface area contributed by atoms with Gasteiger partial charge in [0.05, 0.1) is 43.5 Å². The zero-order valence-electron chi connectivity index (χ0n) is 15.5. The fraction of sp³-hybridized carbons (Fsp3) is 0.190. The minimum absolute atomic E-state index is 0.00253.